The summed E-state index contributed by atoms with van der Waals surface area (Å²) < 4.78 is 8.25. The fourth-order valence-corrected chi connectivity index (χ4v) is 4.29. The lowest BCUT2D eigenvalue weighted by atomic mass is 10.1. The zero-order chi connectivity index (χ0) is 23.2. The van der Waals surface area contributed by atoms with Crippen molar-refractivity contribution < 1.29 is 9.84 Å². The van der Waals surface area contributed by atoms with Crippen molar-refractivity contribution in [3.63, 3.8) is 0 Å². The van der Waals surface area contributed by atoms with E-state index in [0.29, 0.717) is 13.1 Å². The van der Waals surface area contributed by atoms with E-state index < -0.39 is 0 Å². The third-order valence-corrected chi connectivity index (χ3v) is 6.33. The third kappa shape index (κ3) is 6.46. The van der Waals surface area contributed by atoms with Crippen molar-refractivity contribution in [1.29, 1.82) is 0 Å². The molecule has 1 fully saturated rings. The Morgan fingerprint density at radius 3 is 2.52 bits per heavy atom. The Balaban J connectivity index is 1.65. The van der Waals surface area contributed by atoms with Crippen LogP contribution < -0.4 is 4.74 Å². The van der Waals surface area contributed by atoms with Crippen molar-refractivity contribution in [3.05, 3.63) is 65.7 Å². The first-order chi connectivity index (χ1) is 16.0. The van der Waals surface area contributed by atoms with Gasteiger partial charge in [-0.2, -0.15) is 5.10 Å². The highest BCUT2D eigenvalue weighted by atomic mass is 16.5. The second kappa shape index (κ2) is 11.0. The molecule has 1 atom stereocenters. The van der Waals surface area contributed by atoms with E-state index in [1.165, 1.54) is 18.4 Å². The number of ether oxygens (including phenoxy) is 1. The highest BCUT2D eigenvalue weighted by Crippen LogP contribution is 2.36. The molecule has 33 heavy (non-hydrogen) atoms. The van der Waals surface area contributed by atoms with Gasteiger partial charge in [-0.1, -0.05) is 67.8 Å². The molecule has 3 aromatic rings. The SMILES string of the molecule is CCCC[C@@H](O)CN(Cc1c(-c2ccccc2)nn(C)c1Oc1ccc(C)cc1)CC1CC1. The fraction of sp³-hybridized carbons (Fsp3) is 0.464. The maximum Gasteiger partial charge on any atom is 0.222 e. The molecule has 0 spiro atoms. The van der Waals surface area contributed by atoms with Gasteiger partial charge >= 0.3 is 0 Å². The molecule has 0 saturated heterocycles. The molecule has 0 amide bonds. The third-order valence-electron chi connectivity index (χ3n) is 6.33. The van der Waals surface area contributed by atoms with Gasteiger partial charge in [0.1, 0.15) is 11.4 Å². The number of nitrogens with zero attached hydrogens (tertiary/aromatic N) is 3. The van der Waals surface area contributed by atoms with E-state index in [2.05, 4.69) is 43.0 Å². The summed E-state index contributed by atoms with van der Waals surface area (Å²) >= 11 is 0. The Morgan fingerprint density at radius 1 is 1.12 bits per heavy atom. The van der Waals surface area contributed by atoms with Gasteiger partial charge < -0.3 is 9.84 Å². The van der Waals surface area contributed by atoms with Crippen LogP contribution in [-0.2, 0) is 13.6 Å². The topological polar surface area (TPSA) is 50.5 Å². The predicted molar refractivity (Wildman–Crippen MR) is 133 cm³/mol. The smallest absolute Gasteiger partial charge is 0.222 e. The predicted octanol–water partition coefficient (Wildman–Crippen LogP) is 5.95. The van der Waals surface area contributed by atoms with Crippen LogP contribution in [-0.4, -0.2) is 39.0 Å². The Morgan fingerprint density at radius 2 is 1.85 bits per heavy atom. The molecular weight excluding hydrogens is 410 g/mol. The second-order valence-corrected chi connectivity index (χ2v) is 9.47. The van der Waals surface area contributed by atoms with Crippen molar-refractivity contribution >= 4 is 0 Å². The first-order valence-corrected chi connectivity index (χ1v) is 12.3. The van der Waals surface area contributed by atoms with E-state index in [4.69, 9.17) is 9.84 Å². The maximum atomic E-state index is 10.7. The first kappa shape index (κ1) is 23.5. The lowest BCUT2D eigenvalue weighted by Crippen LogP contribution is -2.34. The van der Waals surface area contributed by atoms with Gasteiger partial charge in [-0.05, 0) is 44.2 Å². The molecule has 0 bridgehead atoms. The molecule has 1 heterocycles. The van der Waals surface area contributed by atoms with Gasteiger partial charge in [-0.3, -0.25) is 4.90 Å². The van der Waals surface area contributed by atoms with Gasteiger partial charge in [0, 0.05) is 32.2 Å². The zero-order valence-corrected chi connectivity index (χ0v) is 20.2. The van der Waals surface area contributed by atoms with Crippen molar-refractivity contribution in [1.82, 2.24) is 14.7 Å². The molecule has 5 nitrogen and oxygen atoms in total. The van der Waals surface area contributed by atoms with E-state index in [0.717, 1.165) is 60.2 Å². The second-order valence-electron chi connectivity index (χ2n) is 9.47. The maximum absolute atomic E-state index is 10.7. The van der Waals surface area contributed by atoms with Gasteiger partial charge in [0.15, 0.2) is 0 Å². The Kier molecular flexibility index (Phi) is 7.84. The summed E-state index contributed by atoms with van der Waals surface area (Å²) in [6.45, 7) is 6.65. The molecule has 1 N–H and O–H groups in total. The molecule has 1 aliphatic carbocycles. The molecular formula is C28H37N3O2. The molecule has 4 rings (SSSR count). The van der Waals surface area contributed by atoms with Crippen LogP contribution >= 0.6 is 0 Å². The van der Waals surface area contributed by atoms with Gasteiger partial charge in [0.25, 0.3) is 0 Å². The molecule has 1 aromatic heterocycles. The number of aromatic nitrogens is 2. The zero-order valence-electron chi connectivity index (χ0n) is 20.2. The van der Waals surface area contributed by atoms with E-state index >= 15 is 0 Å². The van der Waals surface area contributed by atoms with Crippen LogP contribution in [0.1, 0.15) is 50.2 Å². The average Bonchev–Trinajstić information content (AvgIpc) is 3.58. The van der Waals surface area contributed by atoms with E-state index in [9.17, 15) is 5.11 Å². The minimum absolute atomic E-state index is 0.304. The molecule has 176 valence electrons. The standard InChI is InChI=1S/C28H37N3O2/c1-4-5-11-24(32)19-31(18-22-14-15-22)20-26-27(23-9-7-6-8-10-23)29-30(3)28(26)33-25-16-12-21(2)13-17-25/h6-10,12-13,16-17,22,24,32H,4-5,11,14-15,18-20H2,1-3H3/t24-/m1/s1. The Hall–Kier alpha value is -2.63. The van der Waals surface area contributed by atoms with Crippen LogP contribution in [0.15, 0.2) is 54.6 Å². The van der Waals surface area contributed by atoms with Crippen LogP contribution in [0.5, 0.6) is 11.6 Å². The summed E-state index contributed by atoms with van der Waals surface area (Å²) in [6.07, 6.45) is 5.28. The summed E-state index contributed by atoms with van der Waals surface area (Å²) in [7, 11) is 1.95. The first-order valence-electron chi connectivity index (χ1n) is 12.3. The summed E-state index contributed by atoms with van der Waals surface area (Å²) in [4.78, 5) is 2.41. The monoisotopic (exact) mass is 447 g/mol. The minimum Gasteiger partial charge on any atom is -0.439 e. The number of benzene rings is 2. The number of aryl methyl sites for hydroxylation is 2. The normalized spacial score (nSPS) is 14.6. The van der Waals surface area contributed by atoms with Gasteiger partial charge in [0.2, 0.25) is 5.88 Å². The Labute approximate surface area is 198 Å². The molecule has 0 radical (unpaired) electrons. The van der Waals surface area contributed by atoms with Gasteiger partial charge in [-0.15, -0.1) is 0 Å². The molecule has 0 aliphatic heterocycles. The summed E-state index contributed by atoms with van der Waals surface area (Å²) in [5.41, 5.74) is 4.31. The lowest BCUT2D eigenvalue weighted by Gasteiger charge is -2.25. The van der Waals surface area contributed by atoms with E-state index in [-0.39, 0.29) is 6.10 Å². The lowest BCUT2D eigenvalue weighted by molar-refractivity contribution is 0.0966. The van der Waals surface area contributed by atoms with Crippen LogP contribution in [0.4, 0.5) is 0 Å². The fourth-order valence-electron chi connectivity index (χ4n) is 4.29. The summed E-state index contributed by atoms with van der Waals surface area (Å²) in [5, 5.41) is 15.6. The van der Waals surface area contributed by atoms with Gasteiger partial charge in [0.05, 0.1) is 11.7 Å². The minimum atomic E-state index is -0.304. The molecule has 1 saturated carbocycles. The van der Waals surface area contributed by atoms with E-state index in [1.807, 2.05) is 42.1 Å². The van der Waals surface area contributed by atoms with Crippen LogP contribution in [0.3, 0.4) is 0 Å². The number of hydrogen-bond donors (Lipinski definition) is 1. The van der Waals surface area contributed by atoms with E-state index in [1.54, 1.807) is 0 Å². The van der Waals surface area contributed by atoms with Crippen molar-refractivity contribution in [2.24, 2.45) is 13.0 Å². The van der Waals surface area contributed by atoms with Crippen LogP contribution in [0, 0.1) is 12.8 Å². The van der Waals surface area contributed by atoms with Crippen LogP contribution in [0.2, 0.25) is 0 Å². The molecule has 1 aliphatic rings. The number of hydrogen-bond acceptors (Lipinski definition) is 4. The molecule has 5 heteroatoms. The summed E-state index contributed by atoms with van der Waals surface area (Å²) in [5.74, 6) is 2.31. The van der Waals surface area contributed by atoms with Gasteiger partial charge in [-0.25, -0.2) is 4.68 Å². The van der Waals surface area contributed by atoms with Crippen molar-refractivity contribution in [2.75, 3.05) is 13.1 Å². The number of aliphatic hydroxyl groups excluding tert-OH is 1. The largest absolute Gasteiger partial charge is 0.439 e. The van der Waals surface area contributed by atoms with Crippen molar-refractivity contribution in [2.45, 2.75) is 58.6 Å². The number of aliphatic hydroxyl groups is 1. The Bertz CT molecular complexity index is 1010. The number of rotatable bonds is 12. The average molecular weight is 448 g/mol. The number of unbranched alkanes of at least 4 members (excludes halogenated alkanes) is 1. The summed E-state index contributed by atoms with van der Waals surface area (Å²) in [6, 6.07) is 18.5. The quantitative estimate of drug-likeness (QED) is 0.373. The van der Waals surface area contributed by atoms with Crippen LogP contribution in [0.25, 0.3) is 11.3 Å². The highest BCUT2D eigenvalue weighted by molar-refractivity contribution is 5.65. The highest BCUT2D eigenvalue weighted by Gasteiger charge is 2.28. The van der Waals surface area contributed by atoms with Crippen molar-refractivity contribution in [3.8, 4) is 22.9 Å². The molecule has 2 aromatic carbocycles. The molecule has 0 unspecified atom stereocenters.